The van der Waals surface area contributed by atoms with E-state index in [-0.39, 0.29) is 12.4 Å². The maximum absolute atomic E-state index is 5.48. The van der Waals surface area contributed by atoms with Gasteiger partial charge in [-0.1, -0.05) is 0 Å². The molecule has 2 saturated heterocycles. The van der Waals surface area contributed by atoms with E-state index in [0.29, 0.717) is 6.61 Å². The number of hydrogen-bond acceptors (Lipinski definition) is 4. The van der Waals surface area contributed by atoms with E-state index in [1.54, 1.807) is 7.11 Å². The highest BCUT2D eigenvalue weighted by atomic mass is 35.5. The summed E-state index contributed by atoms with van der Waals surface area (Å²) in [6, 6.07) is 0. The summed E-state index contributed by atoms with van der Waals surface area (Å²) in [6.07, 6.45) is 0. The van der Waals surface area contributed by atoms with Gasteiger partial charge in [0.1, 0.15) is 0 Å². The van der Waals surface area contributed by atoms with Crippen molar-refractivity contribution in [1.82, 2.24) is 10.2 Å². The molecular formula is C11H23ClN2O2. The van der Waals surface area contributed by atoms with E-state index >= 15 is 0 Å². The monoisotopic (exact) mass is 250 g/mol. The van der Waals surface area contributed by atoms with Crippen LogP contribution in [0.3, 0.4) is 0 Å². The molecule has 2 aliphatic rings. The second-order valence-corrected chi connectivity index (χ2v) is 4.54. The normalized spacial score (nSPS) is 29.1. The molecule has 0 aromatic heterocycles. The van der Waals surface area contributed by atoms with Crippen LogP contribution in [0.5, 0.6) is 0 Å². The van der Waals surface area contributed by atoms with E-state index in [4.69, 9.17) is 9.47 Å². The van der Waals surface area contributed by atoms with E-state index in [1.807, 2.05) is 0 Å². The third kappa shape index (κ3) is 3.86. The molecule has 2 fully saturated rings. The fourth-order valence-corrected chi connectivity index (χ4v) is 2.57. The van der Waals surface area contributed by atoms with Gasteiger partial charge in [0.15, 0.2) is 0 Å². The van der Waals surface area contributed by atoms with Crippen LogP contribution >= 0.6 is 12.4 Å². The van der Waals surface area contributed by atoms with E-state index in [1.165, 1.54) is 26.2 Å². The van der Waals surface area contributed by atoms with Crippen LogP contribution < -0.4 is 5.32 Å². The zero-order chi connectivity index (χ0) is 10.5. The first-order valence-corrected chi connectivity index (χ1v) is 5.90. The molecule has 2 heterocycles. The second-order valence-electron chi connectivity index (χ2n) is 4.54. The van der Waals surface area contributed by atoms with Crippen molar-refractivity contribution >= 4 is 12.4 Å². The molecule has 16 heavy (non-hydrogen) atoms. The number of fused-ring (bicyclic) bond motifs is 1. The average molecular weight is 251 g/mol. The third-order valence-electron chi connectivity index (χ3n) is 3.45. The maximum Gasteiger partial charge on any atom is 0.0700 e. The minimum atomic E-state index is 0. The standard InChI is InChI=1S/C11H22N2O2.ClH/c1-14-4-5-15-3-2-13-8-10-6-12-7-11(10)9-13;/h10-12H,2-9H2,1H3;1H/t10-,11+;. The Bertz CT molecular complexity index is 183. The van der Waals surface area contributed by atoms with Gasteiger partial charge in [-0.25, -0.2) is 0 Å². The molecule has 4 nitrogen and oxygen atoms in total. The van der Waals surface area contributed by atoms with Crippen molar-refractivity contribution in [3.63, 3.8) is 0 Å². The lowest BCUT2D eigenvalue weighted by Crippen LogP contribution is -2.29. The van der Waals surface area contributed by atoms with E-state index in [0.717, 1.165) is 31.6 Å². The minimum absolute atomic E-state index is 0. The lowest BCUT2D eigenvalue weighted by atomic mass is 10.0. The van der Waals surface area contributed by atoms with Crippen LogP contribution in [-0.2, 0) is 9.47 Å². The molecule has 0 amide bonds. The molecule has 5 heteroatoms. The zero-order valence-corrected chi connectivity index (χ0v) is 10.8. The summed E-state index contributed by atoms with van der Waals surface area (Å²) in [5.74, 6) is 1.79. The Morgan fingerprint density at radius 3 is 2.44 bits per heavy atom. The van der Waals surface area contributed by atoms with Crippen LogP contribution in [-0.4, -0.2) is 64.6 Å². The van der Waals surface area contributed by atoms with Gasteiger partial charge >= 0.3 is 0 Å². The number of nitrogens with zero attached hydrogens (tertiary/aromatic N) is 1. The summed E-state index contributed by atoms with van der Waals surface area (Å²) < 4.78 is 10.4. The predicted octanol–water partition coefficient (Wildman–Crippen LogP) is 0.222. The van der Waals surface area contributed by atoms with Crippen LogP contribution in [0.2, 0.25) is 0 Å². The van der Waals surface area contributed by atoms with Gasteiger partial charge < -0.3 is 19.7 Å². The lowest BCUT2D eigenvalue weighted by molar-refractivity contribution is 0.0594. The molecule has 2 atom stereocenters. The summed E-state index contributed by atoms with van der Waals surface area (Å²) in [7, 11) is 1.71. The van der Waals surface area contributed by atoms with Crippen molar-refractivity contribution in [3.05, 3.63) is 0 Å². The summed E-state index contributed by atoms with van der Waals surface area (Å²) >= 11 is 0. The van der Waals surface area contributed by atoms with Crippen molar-refractivity contribution in [1.29, 1.82) is 0 Å². The van der Waals surface area contributed by atoms with Gasteiger partial charge in [-0.2, -0.15) is 0 Å². The highest BCUT2D eigenvalue weighted by molar-refractivity contribution is 5.85. The third-order valence-corrected chi connectivity index (χ3v) is 3.45. The van der Waals surface area contributed by atoms with Crippen molar-refractivity contribution in [3.8, 4) is 0 Å². The first-order valence-electron chi connectivity index (χ1n) is 5.90. The van der Waals surface area contributed by atoms with Gasteiger partial charge in [0.2, 0.25) is 0 Å². The van der Waals surface area contributed by atoms with Crippen molar-refractivity contribution in [2.75, 3.05) is 59.7 Å². The van der Waals surface area contributed by atoms with Gasteiger partial charge in [-0.15, -0.1) is 12.4 Å². The Morgan fingerprint density at radius 1 is 1.12 bits per heavy atom. The Morgan fingerprint density at radius 2 is 1.81 bits per heavy atom. The number of halogens is 1. The number of rotatable bonds is 6. The fraction of sp³-hybridized carbons (Fsp3) is 1.00. The Hall–Kier alpha value is 0.130. The molecule has 0 aromatic rings. The zero-order valence-electron chi connectivity index (χ0n) is 9.98. The summed E-state index contributed by atoms with van der Waals surface area (Å²) in [5.41, 5.74) is 0. The molecular weight excluding hydrogens is 228 g/mol. The second kappa shape index (κ2) is 7.45. The molecule has 0 aliphatic carbocycles. The van der Waals surface area contributed by atoms with Gasteiger partial charge in [-0.3, -0.25) is 0 Å². The molecule has 0 saturated carbocycles. The number of hydrogen-bond donors (Lipinski definition) is 1. The molecule has 0 aromatic carbocycles. The smallest absolute Gasteiger partial charge is 0.0700 e. The SMILES string of the molecule is COCCOCCN1C[C@H]2CNC[C@H]2C1.Cl. The van der Waals surface area contributed by atoms with E-state index < -0.39 is 0 Å². The first kappa shape index (κ1) is 14.2. The van der Waals surface area contributed by atoms with Crippen LogP contribution in [0.1, 0.15) is 0 Å². The summed E-state index contributed by atoms with van der Waals surface area (Å²) in [6.45, 7) is 8.29. The molecule has 0 unspecified atom stereocenters. The Balaban J connectivity index is 0.00000128. The number of ether oxygens (including phenoxy) is 2. The van der Waals surface area contributed by atoms with Crippen molar-refractivity contribution < 1.29 is 9.47 Å². The van der Waals surface area contributed by atoms with Gasteiger partial charge in [-0.05, 0) is 24.9 Å². The number of likely N-dealkylation sites (tertiary alicyclic amines) is 1. The van der Waals surface area contributed by atoms with Crippen LogP contribution in [0.4, 0.5) is 0 Å². The molecule has 0 bridgehead atoms. The Kier molecular flexibility index (Phi) is 6.61. The molecule has 2 aliphatic heterocycles. The van der Waals surface area contributed by atoms with E-state index in [9.17, 15) is 0 Å². The topological polar surface area (TPSA) is 33.7 Å². The van der Waals surface area contributed by atoms with Crippen molar-refractivity contribution in [2.24, 2.45) is 11.8 Å². The van der Waals surface area contributed by atoms with E-state index in [2.05, 4.69) is 10.2 Å². The van der Waals surface area contributed by atoms with Gasteiger partial charge in [0.05, 0.1) is 19.8 Å². The Labute approximate surface area is 104 Å². The quantitative estimate of drug-likeness (QED) is 0.684. The molecule has 0 spiro atoms. The summed E-state index contributed by atoms with van der Waals surface area (Å²) in [4.78, 5) is 2.53. The van der Waals surface area contributed by atoms with Crippen LogP contribution in [0.25, 0.3) is 0 Å². The largest absolute Gasteiger partial charge is 0.382 e. The van der Waals surface area contributed by atoms with Gasteiger partial charge in [0.25, 0.3) is 0 Å². The lowest BCUT2D eigenvalue weighted by Gasteiger charge is -2.16. The fourth-order valence-electron chi connectivity index (χ4n) is 2.57. The summed E-state index contributed by atoms with van der Waals surface area (Å²) in [5, 5.41) is 3.45. The van der Waals surface area contributed by atoms with Crippen LogP contribution in [0, 0.1) is 11.8 Å². The number of nitrogens with one attached hydrogen (secondary N) is 1. The average Bonchev–Trinajstić information content (AvgIpc) is 2.77. The predicted molar refractivity (Wildman–Crippen MR) is 66.2 cm³/mol. The molecule has 1 N–H and O–H groups in total. The molecule has 96 valence electrons. The van der Waals surface area contributed by atoms with Gasteiger partial charge in [0, 0.05) is 26.7 Å². The minimum Gasteiger partial charge on any atom is -0.382 e. The highest BCUT2D eigenvalue weighted by Crippen LogP contribution is 2.25. The number of methoxy groups -OCH3 is 1. The highest BCUT2D eigenvalue weighted by Gasteiger charge is 2.35. The maximum atomic E-state index is 5.48. The van der Waals surface area contributed by atoms with Crippen molar-refractivity contribution in [2.45, 2.75) is 0 Å². The molecule has 2 rings (SSSR count). The first-order chi connectivity index (χ1) is 7.40. The molecule has 0 radical (unpaired) electrons. The van der Waals surface area contributed by atoms with Crippen LogP contribution in [0.15, 0.2) is 0 Å².